The van der Waals surface area contributed by atoms with E-state index in [9.17, 15) is 10.1 Å². The third kappa shape index (κ3) is 3.87. The van der Waals surface area contributed by atoms with Crippen molar-refractivity contribution in [3.05, 3.63) is 10.1 Å². The molecular weight excluding hydrogens is 126 g/mol. The Hall–Kier alpha value is -0.680. The third-order valence-corrected chi connectivity index (χ3v) is 0.810. The first kappa shape index (κ1) is 8.32. The maximum Gasteiger partial charge on any atom is 0.234 e. The fourth-order valence-corrected chi connectivity index (χ4v) is 0.328. The van der Waals surface area contributed by atoms with Gasteiger partial charge in [0.05, 0.1) is 6.61 Å². The van der Waals surface area contributed by atoms with Crippen molar-refractivity contribution in [3.8, 4) is 0 Å². The van der Waals surface area contributed by atoms with Crippen LogP contribution < -0.4 is 0 Å². The van der Waals surface area contributed by atoms with Gasteiger partial charge in [-0.25, -0.2) is 0 Å². The number of nitrogens with zero attached hydrogens (tertiary/aromatic N) is 1. The van der Waals surface area contributed by atoms with Gasteiger partial charge in [-0.3, -0.25) is 10.1 Å². The van der Waals surface area contributed by atoms with Crippen LogP contribution in [0.5, 0.6) is 0 Å². The molecule has 1 atom stereocenters. The van der Waals surface area contributed by atoms with Gasteiger partial charge in [-0.2, -0.15) is 0 Å². The number of nitro groups is 1. The van der Waals surface area contributed by atoms with Gasteiger partial charge in [0.2, 0.25) is 6.54 Å². The van der Waals surface area contributed by atoms with Crippen LogP contribution in [0.15, 0.2) is 0 Å². The molecule has 54 valence electrons. The molecule has 9 heavy (non-hydrogen) atoms. The van der Waals surface area contributed by atoms with Gasteiger partial charge in [-0.05, 0) is 6.92 Å². The molecule has 0 aliphatic heterocycles. The lowest BCUT2D eigenvalue weighted by atomic mass is 10.1. The van der Waals surface area contributed by atoms with Crippen LogP contribution in [0, 0.1) is 10.1 Å². The van der Waals surface area contributed by atoms with Crippen LogP contribution in [0.1, 0.15) is 6.92 Å². The predicted octanol–water partition coefficient (Wildman–Crippen LogP) is -0.994. The van der Waals surface area contributed by atoms with E-state index < -0.39 is 23.7 Å². The zero-order chi connectivity index (χ0) is 7.49. The smallest absolute Gasteiger partial charge is 0.234 e. The molecule has 5 nitrogen and oxygen atoms in total. The van der Waals surface area contributed by atoms with Gasteiger partial charge < -0.3 is 10.2 Å². The second-order valence-electron chi connectivity index (χ2n) is 2.15. The van der Waals surface area contributed by atoms with E-state index in [2.05, 4.69) is 0 Å². The first-order chi connectivity index (χ1) is 3.98. The molecule has 0 aromatic carbocycles. The molecule has 5 heteroatoms. The average Bonchev–Trinajstić information content (AvgIpc) is 1.63. The summed E-state index contributed by atoms with van der Waals surface area (Å²) >= 11 is 0. The molecule has 0 radical (unpaired) electrons. The molecule has 1 unspecified atom stereocenters. The topological polar surface area (TPSA) is 83.6 Å². The van der Waals surface area contributed by atoms with E-state index in [0.29, 0.717) is 0 Å². The van der Waals surface area contributed by atoms with Gasteiger partial charge in [0.1, 0.15) is 5.60 Å². The van der Waals surface area contributed by atoms with Crippen LogP contribution in [-0.4, -0.2) is 33.9 Å². The quantitative estimate of drug-likeness (QED) is 0.384. The van der Waals surface area contributed by atoms with E-state index >= 15 is 0 Å². The Kier molecular flexibility index (Phi) is 2.54. The molecule has 2 N–H and O–H groups in total. The van der Waals surface area contributed by atoms with Crippen LogP contribution in [-0.2, 0) is 0 Å². The summed E-state index contributed by atoms with van der Waals surface area (Å²) in [4.78, 5) is 9.04. The molecule has 0 aliphatic rings. The fraction of sp³-hybridized carbons (Fsp3) is 1.00. The van der Waals surface area contributed by atoms with Gasteiger partial charge >= 0.3 is 0 Å². The van der Waals surface area contributed by atoms with Gasteiger partial charge in [-0.1, -0.05) is 0 Å². The molecule has 0 amide bonds. The third-order valence-electron chi connectivity index (χ3n) is 0.810. The standard InChI is InChI=1S/C4H9NO4/c1-4(7,3-6)2-5(8)9/h6-7H,2-3H2,1H3. The summed E-state index contributed by atoms with van der Waals surface area (Å²) in [5, 5.41) is 26.8. The zero-order valence-corrected chi connectivity index (χ0v) is 5.07. The number of rotatable bonds is 3. The minimum atomic E-state index is -1.58. The van der Waals surface area contributed by atoms with Gasteiger partial charge in [-0.15, -0.1) is 0 Å². The Labute approximate surface area is 52.1 Å². The summed E-state index contributed by atoms with van der Waals surface area (Å²) in [6.45, 7) is -0.00667. The van der Waals surface area contributed by atoms with Crippen molar-refractivity contribution >= 4 is 0 Å². The maximum atomic E-state index is 9.71. The summed E-state index contributed by atoms with van der Waals surface area (Å²) in [5.74, 6) is 0. The number of aliphatic hydroxyl groups is 2. The lowest BCUT2D eigenvalue weighted by Crippen LogP contribution is -2.37. The fourth-order valence-electron chi connectivity index (χ4n) is 0.328. The highest BCUT2D eigenvalue weighted by molar-refractivity contribution is 4.68. The van der Waals surface area contributed by atoms with Crippen LogP contribution in [0.4, 0.5) is 0 Å². The molecule has 0 saturated carbocycles. The summed E-state index contributed by atoms with van der Waals surface area (Å²) in [6.07, 6.45) is 0. The molecule has 0 bridgehead atoms. The molecule has 0 spiro atoms. The zero-order valence-electron chi connectivity index (χ0n) is 5.07. The SMILES string of the molecule is CC(O)(CO)C[N+](=O)[O-]. The van der Waals surface area contributed by atoms with E-state index in [1.807, 2.05) is 0 Å². The number of aliphatic hydroxyl groups excluding tert-OH is 1. The van der Waals surface area contributed by atoms with Crippen molar-refractivity contribution in [2.24, 2.45) is 0 Å². The van der Waals surface area contributed by atoms with E-state index in [0.717, 1.165) is 0 Å². The maximum absolute atomic E-state index is 9.71. The molecule has 0 heterocycles. The lowest BCUT2D eigenvalue weighted by molar-refractivity contribution is -0.500. The van der Waals surface area contributed by atoms with E-state index in [1.165, 1.54) is 6.92 Å². The van der Waals surface area contributed by atoms with Crippen LogP contribution in [0.25, 0.3) is 0 Å². The monoisotopic (exact) mass is 135 g/mol. The first-order valence-corrected chi connectivity index (χ1v) is 2.43. The van der Waals surface area contributed by atoms with Crippen molar-refractivity contribution in [2.75, 3.05) is 13.2 Å². The second kappa shape index (κ2) is 2.75. The highest BCUT2D eigenvalue weighted by atomic mass is 16.6. The van der Waals surface area contributed by atoms with Gasteiger partial charge in [0, 0.05) is 4.92 Å². The minimum Gasteiger partial charge on any atom is -0.393 e. The van der Waals surface area contributed by atoms with Crippen LogP contribution in [0.2, 0.25) is 0 Å². The van der Waals surface area contributed by atoms with Gasteiger partial charge in [0.15, 0.2) is 0 Å². The summed E-state index contributed by atoms with van der Waals surface area (Å²) in [7, 11) is 0. The number of hydrogen-bond acceptors (Lipinski definition) is 4. The van der Waals surface area contributed by atoms with E-state index in [1.54, 1.807) is 0 Å². The van der Waals surface area contributed by atoms with Crippen molar-refractivity contribution in [2.45, 2.75) is 12.5 Å². The Morgan fingerprint density at radius 1 is 1.78 bits per heavy atom. The summed E-state index contributed by atoms with van der Waals surface area (Å²) in [6, 6.07) is 0. The van der Waals surface area contributed by atoms with Crippen LogP contribution >= 0.6 is 0 Å². The Morgan fingerprint density at radius 3 is 2.33 bits per heavy atom. The van der Waals surface area contributed by atoms with Crippen molar-refractivity contribution in [3.63, 3.8) is 0 Å². The van der Waals surface area contributed by atoms with Crippen molar-refractivity contribution in [1.29, 1.82) is 0 Å². The van der Waals surface area contributed by atoms with Crippen molar-refractivity contribution in [1.82, 2.24) is 0 Å². The highest BCUT2D eigenvalue weighted by Gasteiger charge is 2.25. The molecule has 0 aromatic heterocycles. The molecule has 0 aromatic rings. The summed E-state index contributed by atoms with van der Waals surface area (Å²) in [5.41, 5.74) is -1.58. The minimum absolute atomic E-state index is 0.589. The Balaban J connectivity index is 3.71. The predicted molar refractivity (Wildman–Crippen MR) is 29.6 cm³/mol. The lowest BCUT2D eigenvalue weighted by Gasteiger charge is -2.13. The molecule has 0 rings (SSSR count). The average molecular weight is 135 g/mol. The van der Waals surface area contributed by atoms with Crippen LogP contribution in [0.3, 0.4) is 0 Å². The second-order valence-corrected chi connectivity index (χ2v) is 2.15. The first-order valence-electron chi connectivity index (χ1n) is 2.43. The molecule has 0 saturated heterocycles. The van der Waals surface area contributed by atoms with Gasteiger partial charge in [0.25, 0.3) is 0 Å². The van der Waals surface area contributed by atoms with E-state index in [4.69, 9.17) is 10.2 Å². The summed E-state index contributed by atoms with van der Waals surface area (Å²) < 4.78 is 0. The molecule has 0 aliphatic carbocycles. The Bertz CT molecular complexity index is 111. The Morgan fingerprint density at radius 2 is 2.22 bits per heavy atom. The molecular formula is C4H9NO4. The molecule has 0 fully saturated rings. The van der Waals surface area contributed by atoms with E-state index in [-0.39, 0.29) is 0 Å². The normalized spacial score (nSPS) is 16.8. The number of hydrogen-bond donors (Lipinski definition) is 2. The largest absolute Gasteiger partial charge is 0.393 e. The van der Waals surface area contributed by atoms with Crippen molar-refractivity contribution < 1.29 is 15.1 Å². The highest BCUT2D eigenvalue weighted by Crippen LogP contribution is 1.99.